The second-order valence-electron chi connectivity index (χ2n) is 6.93. The summed E-state index contributed by atoms with van der Waals surface area (Å²) in [7, 11) is 0. The second-order valence-corrected chi connectivity index (χ2v) is 6.93. The van der Waals surface area contributed by atoms with Gasteiger partial charge < -0.3 is 10.1 Å². The van der Waals surface area contributed by atoms with Gasteiger partial charge in [0.1, 0.15) is 11.4 Å². The Morgan fingerprint density at radius 3 is 2.83 bits per heavy atom. The van der Waals surface area contributed by atoms with Crippen molar-refractivity contribution < 1.29 is 14.3 Å². The molecule has 24 heavy (non-hydrogen) atoms. The van der Waals surface area contributed by atoms with Gasteiger partial charge in [-0.1, -0.05) is 6.92 Å². The molecule has 1 saturated heterocycles. The summed E-state index contributed by atoms with van der Waals surface area (Å²) in [5.41, 5.74) is -0.541. The van der Waals surface area contributed by atoms with Crippen LogP contribution in [-0.2, 0) is 9.53 Å². The zero-order chi connectivity index (χ0) is 17.7. The minimum Gasteiger partial charge on any atom is -0.444 e. The summed E-state index contributed by atoms with van der Waals surface area (Å²) in [5.74, 6) is 0.930. The highest BCUT2D eigenvalue weighted by Gasteiger charge is 2.34. The molecule has 1 aliphatic rings. The minimum atomic E-state index is -0.541. The van der Waals surface area contributed by atoms with Crippen molar-refractivity contribution in [3.63, 3.8) is 0 Å². The van der Waals surface area contributed by atoms with E-state index in [4.69, 9.17) is 4.74 Å². The molecule has 0 aliphatic carbocycles. The summed E-state index contributed by atoms with van der Waals surface area (Å²) in [6.07, 6.45) is 4.14. The lowest BCUT2D eigenvalue weighted by Gasteiger charge is -2.28. The van der Waals surface area contributed by atoms with Gasteiger partial charge in [0.25, 0.3) is 0 Å². The summed E-state index contributed by atoms with van der Waals surface area (Å²) >= 11 is 0. The third-order valence-corrected chi connectivity index (χ3v) is 3.60. The molecule has 2 rings (SSSR count). The average molecular weight is 334 g/mol. The smallest absolute Gasteiger partial charge is 0.410 e. The van der Waals surface area contributed by atoms with Gasteiger partial charge in [-0.3, -0.25) is 9.69 Å². The zero-order valence-corrected chi connectivity index (χ0v) is 14.8. The normalized spacial score (nSPS) is 17.7. The standard InChI is InChI=1S/C17H26N4O3/c1-5-7-14(22)19-13-9-10-18-15(20-13)12-8-6-11-21(12)16(23)24-17(2,3)4/h9-10,12H,5-8,11H2,1-4H3,(H,18,19,20,22). The maximum Gasteiger partial charge on any atom is 0.410 e. The Labute approximate surface area is 142 Å². The molecule has 0 radical (unpaired) electrons. The van der Waals surface area contributed by atoms with E-state index in [1.807, 2.05) is 27.7 Å². The molecule has 1 atom stereocenters. The Hall–Kier alpha value is -2.18. The number of aromatic nitrogens is 2. The van der Waals surface area contributed by atoms with Crippen LogP contribution < -0.4 is 5.32 Å². The van der Waals surface area contributed by atoms with Crippen LogP contribution >= 0.6 is 0 Å². The molecule has 0 spiro atoms. The van der Waals surface area contributed by atoms with Crippen LogP contribution in [0.25, 0.3) is 0 Å². The molecule has 0 bridgehead atoms. The molecule has 0 aromatic carbocycles. The van der Waals surface area contributed by atoms with Gasteiger partial charge in [0, 0.05) is 19.2 Å². The highest BCUT2D eigenvalue weighted by atomic mass is 16.6. The Morgan fingerprint density at radius 1 is 1.42 bits per heavy atom. The molecule has 7 heteroatoms. The Balaban J connectivity index is 2.12. The summed E-state index contributed by atoms with van der Waals surface area (Å²) in [4.78, 5) is 34.5. The van der Waals surface area contributed by atoms with E-state index in [0.717, 1.165) is 19.3 Å². The number of likely N-dealkylation sites (tertiary alicyclic amines) is 1. The van der Waals surface area contributed by atoms with Gasteiger partial charge in [0.2, 0.25) is 5.91 Å². The molecule has 1 unspecified atom stereocenters. The van der Waals surface area contributed by atoms with Crippen molar-refractivity contribution in [3.8, 4) is 0 Å². The van der Waals surface area contributed by atoms with E-state index in [-0.39, 0.29) is 18.0 Å². The van der Waals surface area contributed by atoms with Crippen molar-refractivity contribution in [2.75, 3.05) is 11.9 Å². The first-order valence-electron chi connectivity index (χ1n) is 8.42. The SMILES string of the molecule is CCCC(=O)Nc1ccnc(C2CCCN2C(=O)OC(C)(C)C)n1. The van der Waals surface area contributed by atoms with Crippen LogP contribution in [0.15, 0.2) is 12.3 Å². The highest BCUT2D eigenvalue weighted by molar-refractivity contribution is 5.89. The summed E-state index contributed by atoms with van der Waals surface area (Å²) in [5, 5.41) is 2.76. The van der Waals surface area contributed by atoms with Crippen LogP contribution in [0, 0.1) is 0 Å². The van der Waals surface area contributed by atoms with Crippen molar-refractivity contribution in [1.82, 2.24) is 14.9 Å². The fourth-order valence-electron chi connectivity index (χ4n) is 2.61. The molecule has 1 fully saturated rings. The summed E-state index contributed by atoms with van der Waals surface area (Å²) in [6.45, 7) is 8.10. The van der Waals surface area contributed by atoms with Crippen LogP contribution in [-0.4, -0.2) is 39.0 Å². The molecule has 1 aromatic heterocycles. The molecule has 7 nitrogen and oxygen atoms in total. The van der Waals surface area contributed by atoms with Crippen LogP contribution in [0.3, 0.4) is 0 Å². The van der Waals surface area contributed by atoms with Crippen molar-refractivity contribution in [1.29, 1.82) is 0 Å². The molecule has 1 N–H and O–H groups in total. The first-order valence-corrected chi connectivity index (χ1v) is 8.42. The number of anilines is 1. The van der Waals surface area contributed by atoms with E-state index in [1.165, 1.54) is 0 Å². The van der Waals surface area contributed by atoms with E-state index >= 15 is 0 Å². The van der Waals surface area contributed by atoms with Crippen LogP contribution in [0.2, 0.25) is 0 Å². The Kier molecular flexibility index (Phi) is 5.75. The molecule has 0 saturated carbocycles. The quantitative estimate of drug-likeness (QED) is 0.913. The lowest BCUT2D eigenvalue weighted by atomic mass is 10.2. The number of nitrogens with zero attached hydrogens (tertiary/aromatic N) is 3. The molecule has 132 valence electrons. The Bertz CT molecular complexity index is 598. The first kappa shape index (κ1) is 18.2. The largest absolute Gasteiger partial charge is 0.444 e. The number of hydrogen-bond acceptors (Lipinski definition) is 5. The number of carbonyl (C=O) groups excluding carboxylic acids is 2. The van der Waals surface area contributed by atoms with Crippen molar-refractivity contribution in [2.24, 2.45) is 0 Å². The molecular weight excluding hydrogens is 308 g/mol. The molecular formula is C17H26N4O3. The molecule has 1 aliphatic heterocycles. The second kappa shape index (κ2) is 7.59. The van der Waals surface area contributed by atoms with Gasteiger partial charge in [0.05, 0.1) is 6.04 Å². The topological polar surface area (TPSA) is 84.4 Å². The maximum absolute atomic E-state index is 12.4. The fourth-order valence-corrected chi connectivity index (χ4v) is 2.61. The van der Waals surface area contributed by atoms with Crippen LogP contribution in [0.4, 0.5) is 10.6 Å². The van der Waals surface area contributed by atoms with E-state index in [9.17, 15) is 9.59 Å². The lowest BCUT2D eigenvalue weighted by molar-refractivity contribution is -0.116. The molecule has 2 heterocycles. The Morgan fingerprint density at radius 2 is 2.17 bits per heavy atom. The maximum atomic E-state index is 12.4. The van der Waals surface area contributed by atoms with E-state index in [1.54, 1.807) is 17.2 Å². The van der Waals surface area contributed by atoms with Gasteiger partial charge in [-0.05, 0) is 46.1 Å². The van der Waals surface area contributed by atoms with Crippen molar-refractivity contribution >= 4 is 17.8 Å². The number of rotatable bonds is 4. The van der Waals surface area contributed by atoms with Crippen molar-refractivity contribution in [2.45, 2.75) is 65.0 Å². The predicted molar refractivity (Wildman–Crippen MR) is 90.5 cm³/mol. The predicted octanol–water partition coefficient (Wildman–Crippen LogP) is 3.29. The highest BCUT2D eigenvalue weighted by Crippen LogP contribution is 2.31. The summed E-state index contributed by atoms with van der Waals surface area (Å²) in [6, 6.07) is 1.44. The number of nitrogens with one attached hydrogen (secondary N) is 1. The first-order chi connectivity index (χ1) is 11.3. The number of hydrogen-bond donors (Lipinski definition) is 1. The van der Waals surface area contributed by atoms with Crippen LogP contribution in [0.5, 0.6) is 0 Å². The number of ether oxygens (including phenoxy) is 1. The van der Waals surface area contributed by atoms with Gasteiger partial charge >= 0.3 is 6.09 Å². The van der Waals surface area contributed by atoms with Crippen molar-refractivity contribution in [3.05, 3.63) is 18.1 Å². The molecule has 1 aromatic rings. The van der Waals surface area contributed by atoms with Gasteiger partial charge in [-0.25, -0.2) is 14.8 Å². The van der Waals surface area contributed by atoms with Gasteiger partial charge in [0.15, 0.2) is 5.82 Å². The van der Waals surface area contributed by atoms with E-state index in [2.05, 4.69) is 15.3 Å². The zero-order valence-electron chi connectivity index (χ0n) is 14.8. The number of carbonyl (C=O) groups is 2. The van der Waals surface area contributed by atoms with Crippen LogP contribution in [0.1, 0.15) is 65.2 Å². The third kappa shape index (κ3) is 4.91. The van der Waals surface area contributed by atoms with Gasteiger partial charge in [-0.15, -0.1) is 0 Å². The lowest BCUT2D eigenvalue weighted by Crippen LogP contribution is -2.37. The minimum absolute atomic E-state index is 0.0717. The van der Waals surface area contributed by atoms with Gasteiger partial charge in [-0.2, -0.15) is 0 Å². The molecule has 2 amide bonds. The monoisotopic (exact) mass is 334 g/mol. The number of amides is 2. The summed E-state index contributed by atoms with van der Waals surface area (Å²) < 4.78 is 5.46. The average Bonchev–Trinajstić information content (AvgIpc) is 2.95. The fraction of sp³-hybridized carbons (Fsp3) is 0.647. The van der Waals surface area contributed by atoms with E-state index in [0.29, 0.717) is 24.6 Å². The van der Waals surface area contributed by atoms with E-state index < -0.39 is 5.60 Å². The third-order valence-electron chi connectivity index (χ3n) is 3.60.